The lowest BCUT2D eigenvalue weighted by Crippen LogP contribution is -2.51. The van der Waals surface area contributed by atoms with E-state index in [1.807, 2.05) is 12.1 Å². The molecular weight excluding hydrogens is 304 g/mol. The number of rotatable bonds is 5. The first-order valence-corrected chi connectivity index (χ1v) is 8.39. The van der Waals surface area contributed by atoms with Crippen molar-refractivity contribution >= 4 is 11.7 Å². The molecule has 1 saturated heterocycles. The number of piperazine rings is 1. The van der Waals surface area contributed by atoms with Crippen molar-refractivity contribution in [3.8, 4) is 11.1 Å². The minimum absolute atomic E-state index is 0.346. The molecule has 0 bridgehead atoms. The Bertz CT molecular complexity index is 697. The highest BCUT2D eigenvalue weighted by Gasteiger charge is 2.24. The van der Waals surface area contributed by atoms with Gasteiger partial charge < -0.3 is 15.3 Å². The Morgan fingerprint density at radius 3 is 2.92 bits per heavy atom. The van der Waals surface area contributed by atoms with Crippen LogP contribution in [0.1, 0.15) is 30.6 Å². The largest absolute Gasteiger partial charge is 0.478 e. The summed E-state index contributed by atoms with van der Waals surface area (Å²) in [6.45, 7) is 6.95. The number of anilines is 1. The van der Waals surface area contributed by atoms with E-state index in [1.165, 1.54) is 0 Å². The Kier molecular flexibility index (Phi) is 4.85. The number of nitrogens with zero attached hydrogens (tertiary/aromatic N) is 2. The van der Waals surface area contributed by atoms with E-state index in [0.717, 1.165) is 42.9 Å². The van der Waals surface area contributed by atoms with Gasteiger partial charge in [-0.1, -0.05) is 19.9 Å². The smallest absolute Gasteiger partial charge is 0.337 e. The minimum atomic E-state index is -0.894. The fourth-order valence-corrected chi connectivity index (χ4v) is 3.34. The summed E-state index contributed by atoms with van der Waals surface area (Å²) in [7, 11) is 0. The molecule has 2 aromatic rings. The van der Waals surface area contributed by atoms with Gasteiger partial charge in [0, 0.05) is 37.4 Å². The number of carbonyl (C=O) groups is 1. The van der Waals surface area contributed by atoms with Crippen molar-refractivity contribution in [3.05, 3.63) is 36.2 Å². The highest BCUT2D eigenvalue weighted by Crippen LogP contribution is 2.28. The van der Waals surface area contributed by atoms with E-state index < -0.39 is 5.97 Å². The maximum atomic E-state index is 11.8. The van der Waals surface area contributed by atoms with Gasteiger partial charge in [0.15, 0.2) is 0 Å². The van der Waals surface area contributed by atoms with Crippen LogP contribution in [0.4, 0.5) is 5.69 Å². The molecule has 0 amide bonds. The molecule has 6 nitrogen and oxygen atoms in total. The first kappa shape index (κ1) is 16.5. The molecule has 1 atom stereocenters. The van der Waals surface area contributed by atoms with E-state index in [1.54, 1.807) is 18.5 Å². The monoisotopic (exact) mass is 328 g/mol. The molecule has 1 aliphatic heterocycles. The summed E-state index contributed by atoms with van der Waals surface area (Å²) in [4.78, 5) is 14.0. The maximum Gasteiger partial charge on any atom is 0.337 e. The second-order valence-corrected chi connectivity index (χ2v) is 6.75. The topological polar surface area (TPSA) is 81.2 Å². The number of carboxylic acid groups (broad SMARTS) is 1. The molecule has 2 heterocycles. The molecule has 1 fully saturated rings. The van der Waals surface area contributed by atoms with Gasteiger partial charge in [-0.05, 0) is 30.0 Å². The van der Waals surface area contributed by atoms with Gasteiger partial charge in [-0.15, -0.1) is 0 Å². The molecule has 3 rings (SSSR count). The second-order valence-electron chi connectivity index (χ2n) is 6.75. The molecular formula is C18H24N4O2. The average Bonchev–Trinajstić information content (AvgIpc) is 3.08. The van der Waals surface area contributed by atoms with E-state index in [-0.39, 0.29) is 0 Å². The highest BCUT2D eigenvalue weighted by atomic mass is 16.4. The lowest BCUT2D eigenvalue weighted by molar-refractivity contribution is 0.0697. The van der Waals surface area contributed by atoms with Crippen LogP contribution in [-0.4, -0.2) is 46.9 Å². The van der Waals surface area contributed by atoms with Gasteiger partial charge in [-0.3, -0.25) is 5.10 Å². The molecule has 24 heavy (non-hydrogen) atoms. The quantitative estimate of drug-likeness (QED) is 0.786. The number of carboxylic acids is 1. The Balaban J connectivity index is 1.88. The van der Waals surface area contributed by atoms with Gasteiger partial charge in [0.25, 0.3) is 0 Å². The number of aromatic nitrogens is 2. The molecule has 0 radical (unpaired) electrons. The van der Waals surface area contributed by atoms with Crippen LogP contribution >= 0.6 is 0 Å². The summed E-state index contributed by atoms with van der Waals surface area (Å²) in [5, 5.41) is 19.9. The Morgan fingerprint density at radius 2 is 2.25 bits per heavy atom. The van der Waals surface area contributed by atoms with E-state index in [9.17, 15) is 9.90 Å². The van der Waals surface area contributed by atoms with E-state index in [2.05, 4.69) is 34.3 Å². The number of nitrogens with one attached hydrogen (secondary N) is 2. The van der Waals surface area contributed by atoms with Crippen molar-refractivity contribution in [1.29, 1.82) is 0 Å². The van der Waals surface area contributed by atoms with Crippen LogP contribution in [0.3, 0.4) is 0 Å². The number of aromatic carboxylic acids is 1. The summed E-state index contributed by atoms with van der Waals surface area (Å²) in [6.07, 6.45) is 4.56. The highest BCUT2D eigenvalue weighted by molar-refractivity contribution is 5.96. The second kappa shape index (κ2) is 7.05. The zero-order chi connectivity index (χ0) is 17.1. The van der Waals surface area contributed by atoms with Gasteiger partial charge in [0.05, 0.1) is 17.4 Å². The van der Waals surface area contributed by atoms with Gasteiger partial charge in [-0.2, -0.15) is 5.10 Å². The number of hydrogen-bond donors (Lipinski definition) is 3. The predicted octanol–water partition coefficient (Wildman–Crippen LogP) is 2.60. The summed E-state index contributed by atoms with van der Waals surface area (Å²) < 4.78 is 0. The zero-order valence-corrected chi connectivity index (χ0v) is 14.1. The molecule has 6 heteroatoms. The average molecular weight is 328 g/mol. The third-order valence-corrected chi connectivity index (χ3v) is 4.41. The molecule has 1 unspecified atom stereocenters. The molecule has 0 aliphatic carbocycles. The van der Waals surface area contributed by atoms with Crippen molar-refractivity contribution < 1.29 is 9.90 Å². The Hall–Kier alpha value is -2.34. The van der Waals surface area contributed by atoms with Crippen molar-refractivity contribution in [3.63, 3.8) is 0 Å². The fourth-order valence-electron chi connectivity index (χ4n) is 3.34. The maximum absolute atomic E-state index is 11.8. The molecule has 3 N–H and O–H groups in total. The van der Waals surface area contributed by atoms with E-state index >= 15 is 0 Å². The molecule has 1 aliphatic rings. The SMILES string of the molecule is CC(C)CC1CN(c2ccc(-c3cn[nH]c3)cc2C(=O)O)CCN1. The minimum Gasteiger partial charge on any atom is -0.478 e. The Morgan fingerprint density at radius 1 is 1.42 bits per heavy atom. The number of H-pyrrole nitrogens is 1. The molecule has 0 saturated carbocycles. The van der Waals surface area contributed by atoms with Crippen LogP contribution in [0, 0.1) is 5.92 Å². The van der Waals surface area contributed by atoms with Crippen LogP contribution in [0.15, 0.2) is 30.6 Å². The van der Waals surface area contributed by atoms with Crippen LogP contribution in [0.25, 0.3) is 11.1 Å². The Labute approximate surface area is 141 Å². The van der Waals surface area contributed by atoms with Gasteiger partial charge in [0.1, 0.15) is 0 Å². The summed E-state index contributed by atoms with van der Waals surface area (Å²) in [5.41, 5.74) is 2.89. The third-order valence-electron chi connectivity index (χ3n) is 4.41. The first-order chi connectivity index (χ1) is 11.5. The number of hydrogen-bond acceptors (Lipinski definition) is 4. The van der Waals surface area contributed by atoms with E-state index in [0.29, 0.717) is 17.5 Å². The van der Waals surface area contributed by atoms with Gasteiger partial charge >= 0.3 is 5.97 Å². The van der Waals surface area contributed by atoms with Crippen molar-refractivity contribution in [2.75, 3.05) is 24.5 Å². The molecule has 1 aromatic heterocycles. The normalized spacial score (nSPS) is 18.1. The van der Waals surface area contributed by atoms with Crippen LogP contribution in [0.2, 0.25) is 0 Å². The standard InChI is InChI=1S/C18H24N4O2/c1-12(2)7-15-11-22(6-5-19-15)17-4-3-13(8-16(17)18(23)24)14-9-20-21-10-14/h3-4,8-10,12,15,19H,5-7,11H2,1-2H3,(H,20,21)(H,23,24). The summed E-state index contributed by atoms with van der Waals surface area (Å²) in [6, 6.07) is 6.02. The van der Waals surface area contributed by atoms with Crippen LogP contribution in [0.5, 0.6) is 0 Å². The molecule has 0 spiro atoms. The van der Waals surface area contributed by atoms with Crippen LogP contribution in [-0.2, 0) is 0 Å². The lowest BCUT2D eigenvalue weighted by atomic mass is 9.99. The van der Waals surface area contributed by atoms with Crippen LogP contribution < -0.4 is 10.2 Å². The number of aromatic amines is 1. The van der Waals surface area contributed by atoms with Crippen molar-refractivity contribution in [2.45, 2.75) is 26.3 Å². The number of benzene rings is 1. The van der Waals surface area contributed by atoms with Crippen molar-refractivity contribution in [1.82, 2.24) is 15.5 Å². The lowest BCUT2D eigenvalue weighted by Gasteiger charge is -2.36. The molecule has 1 aromatic carbocycles. The van der Waals surface area contributed by atoms with Crippen molar-refractivity contribution in [2.24, 2.45) is 5.92 Å². The predicted molar refractivity (Wildman–Crippen MR) is 94.4 cm³/mol. The zero-order valence-electron chi connectivity index (χ0n) is 14.1. The fraction of sp³-hybridized carbons (Fsp3) is 0.444. The van der Waals surface area contributed by atoms with E-state index in [4.69, 9.17) is 0 Å². The summed E-state index contributed by atoms with van der Waals surface area (Å²) in [5.74, 6) is -0.279. The summed E-state index contributed by atoms with van der Waals surface area (Å²) >= 11 is 0. The van der Waals surface area contributed by atoms with Gasteiger partial charge in [0.2, 0.25) is 0 Å². The first-order valence-electron chi connectivity index (χ1n) is 8.39. The molecule has 128 valence electrons. The third kappa shape index (κ3) is 3.59. The van der Waals surface area contributed by atoms with Gasteiger partial charge in [-0.25, -0.2) is 4.79 Å².